The summed E-state index contributed by atoms with van der Waals surface area (Å²) in [6, 6.07) is 0.559. The molecule has 0 radical (unpaired) electrons. The maximum atomic E-state index is 9.29. The molecule has 4 heteroatoms. The fraction of sp³-hybridized carbons (Fsp3) is 1.00. The van der Waals surface area contributed by atoms with Gasteiger partial charge in [-0.3, -0.25) is 4.90 Å². The zero-order chi connectivity index (χ0) is 14.4. The molecular weight excluding hydrogens is 252 g/mol. The van der Waals surface area contributed by atoms with E-state index in [0.717, 1.165) is 32.8 Å². The highest BCUT2D eigenvalue weighted by atomic mass is 16.5. The lowest BCUT2D eigenvalue weighted by atomic mass is 9.73. The summed E-state index contributed by atoms with van der Waals surface area (Å²) in [4.78, 5) is 2.51. The quantitative estimate of drug-likeness (QED) is 0.778. The Kier molecular flexibility index (Phi) is 6.27. The topological polar surface area (TPSA) is 44.7 Å². The molecule has 1 atom stereocenters. The molecule has 2 aliphatic rings. The van der Waals surface area contributed by atoms with Crippen molar-refractivity contribution in [2.24, 2.45) is 5.41 Å². The number of morpholine rings is 1. The molecule has 1 heterocycles. The van der Waals surface area contributed by atoms with Gasteiger partial charge in [-0.15, -0.1) is 0 Å². The summed E-state index contributed by atoms with van der Waals surface area (Å²) in [6.45, 7) is 9.56. The van der Waals surface area contributed by atoms with Gasteiger partial charge >= 0.3 is 0 Å². The predicted octanol–water partition coefficient (Wildman–Crippen LogP) is 1.63. The van der Waals surface area contributed by atoms with Gasteiger partial charge in [0, 0.05) is 32.2 Å². The number of nitrogens with zero attached hydrogens (tertiary/aromatic N) is 1. The molecule has 1 unspecified atom stereocenters. The van der Waals surface area contributed by atoms with Crippen molar-refractivity contribution in [1.29, 1.82) is 0 Å². The van der Waals surface area contributed by atoms with Gasteiger partial charge < -0.3 is 15.2 Å². The van der Waals surface area contributed by atoms with Gasteiger partial charge in [-0.1, -0.05) is 33.1 Å². The van der Waals surface area contributed by atoms with Crippen molar-refractivity contribution in [3.05, 3.63) is 0 Å². The van der Waals surface area contributed by atoms with Crippen LogP contribution in [0.3, 0.4) is 0 Å². The number of hydrogen-bond donors (Lipinski definition) is 2. The summed E-state index contributed by atoms with van der Waals surface area (Å²) in [5.74, 6) is 0. The lowest BCUT2D eigenvalue weighted by Gasteiger charge is -2.44. The number of hydrogen-bond acceptors (Lipinski definition) is 4. The third-order valence-electron chi connectivity index (χ3n) is 4.79. The second-order valence-electron chi connectivity index (χ2n) is 7.01. The van der Waals surface area contributed by atoms with Crippen LogP contribution < -0.4 is 5.32 Å². The lowest BCUT2D eigenvalue weighted by Crippen LogP contribution is -2.52. The largest absolute Gasteiger partial charge is 0.394 e. The second kappa shape index (κ2) is 7.74. The molecule has 118 valence electrons. The zero-order valence-corrected chi connectivity index (χ0v) is 13.2. The van der Waals surface area contributed by atoms with E-state index in [1.165, 1.54) is 32.1 Å². The highest BCUT2D eigenvalue weighted by Crippen LogP contribution is 2.37. The van der Waals surface area contributed by atoms with Crippen LogP contribution in [0, 0.1) is 5.41 Å². The Balaban J connectivity index is 1.92. The highest BCUT2D eigenvalue weighted by Gasteiger charge is 2.35. The SMILES string of the molecule is CC(C)NCC1(CN2CCOC(CO)C2)CCCCC1. The maximum absolute atomic E-state index is 9.29. The molecule has 2 rings (SSSR count). The van der Waals surface area contributed by atoms with Crippen LogP contribution in [0.25, 0.3) is 0 Å². The molecule has 4 nitrogen and oxygen atoms in total. The van der Waals surface area contributed by atoms with Gasteiger partial charge in [0.1, 0.15) is 0 Å². The molecule has 1 saturated carbocycles. The highest BCUT2D eigenvalue weighted by molar-refractivity contribution is 4.89. The Hall–Kier alpha value is -0.160. The van der Waals surface area contributed by atoms with E-state index in [-0.39, 0.29) is 12.7 Å². The zero-order valence-electron chi connectivity index (χ0n) is 13.2. The molecule has 1 saturated heterocycles. The van der Waals surface area contributed by atoms with Crippen LogP contribution in [0.1, 0.15) is 46.0 Å². The van der Waals surface area contributed by atoms with Crippen molar-refractivity contribution >= 4 is 0 Å². The molecule has 2 fully saturated rings. The lowest BCUT2D eigenvalue weighted by molar-refractivity contribution is -0.0656. The summed E-state index contributed by atoms with van der Waals surface area (Å²) in [6.07, 6.45) is 6.83. The number of aliphatic hydroxyl groups is 1. The van der Waals surface area contributed by atoms with E-state index in [0.29, 0.717) is 11.5 Å². The molecule has 1 aliphatic heterocycles. The predicted molar refractivity (Wildman–Crippen MR) is 81.9 cm³/mol. The van der Waals surface area contributed by atoms with E-state index in [2.05, 4.69) is 24.1 Å². The van der Waals surface area contributed by atoms with Gasteiger partial charge in [0.25, 0.3) is 0 Å². The standard InChI is InChI=1S/C16H32N2O2/c1-14(2)17-12-16(6-4-3-5-7-16)13-18-8-9-20-15(10-18)11-19/h14-15,17,19H,3-13H2,1-2H3. The van der Waals surface area contributed by atoms with Crippen molar-refractivity contribution in [2.45, 2.75) is 58.1 Å². The number of nitrogens with one attached hydrogen (secondary N) is 1. The molecule has 0 aromatic heterocycles. The first-order valence-electron chi connectivity index (χ1n) is 8.32. The first kappa shape index (κ1) is 16.2. The molecular formula is C16H32N2O2. The first-order chi connectivity index (χ1) is 9.63. The van der Waals surface area contributed by atoms with Crippen LogP contribution in [0.4, 0.5) is 0 Å². The molecule has 1 aliphatic carbocycles. The van der Waals surface area contributed by atoms with Crippen molar-refractivity contribution in [3.63, 3.8) is 0 Å². The van der Waals surface area contributed by atoms with Crippen molar-refractivity contribution in [1.82, 2.24) is 10.2 Å². The smallest absolute Gasteiger partial charge is 0.0932 e. The Morgan fingerprint density at radius 3 is 2.70 bits per heavy atom. The van der Waals surface area contributed by atoms with E-state index < -0.39 is 0 Å². The number of rotatable bonds is 6. The van der Waals surface area contributed by atoms with Crippen molar-refractivity contribution < 1.29 is 9.84 Å². The van der Waals surface area contributed by atoms with Gasteiger partial charge in [0.2, 0.25) is 0 Å². The Morgan fingerprint density at radius 2 is 2.05 bits per heavy atom. The van der Waals surface area contributed by atoms with Crippen LogP contribution >= 0.6 is 0 Å². The summed E-state index contributed by atoms with van der Waals surface area (Å²) >= 11 is 0. The van der Waals surface area contributed by atoms with Crippen LogP contribution in [-0.4, -0.2) is 61.5 Å². The van der Waals surface area contributed by atoms with Gasteiger partial charge in [-0.05, 0) is 18.3 Å². The average molecular weight is 284 g/mol. The summed E-state index contributed by atoms with van der Waals surface area (Å²) in [7, 11) is 0. The summed E-state index contributed by atoms with van der Waals surface area (Å²) in [5.41, 5.74) is 0.430. The third kappa shape index (κ3) is 4.69. The second-order valence-corrected chi connectivity index (χ2v) is 7.01. The average Bonchev–Trinajstić information content (AvgIpc) is 2.46. The fourth-order valence-electron chi connectivity index (χ4n) is 3.62. The molecule has 0 aromatic rings. The Bertz CT molecular complexity index is 278. The van der Waals surface area contributed by atoms with Crippen LogP contribution in [0.2, 0.25) is 0 Å². The summed E-state index contributed by atoms with van der Waals surface area (Å²) in [5, 5.41) is 13.0. The van der Waals surface area contributed by atoms with Crippen LogP contribution in [0.5, 0.6) is 0 Å². The fourth-order valence-corrected chi connectivity index (χ4v) is 3.62. The monoisotopic (exact) mass is 284 g/mol. The summed E-state index contributed by atoms with van der Waals surface area (Å²) < 4.78 is 5.57. The minimum Gasteiger partial charge on any atom is -0.394 e. The van der Waals surface area contributed by atoms with E-state index >= 15 is 0 Å². The molecule has 20 heavy (non-hydrogen) atoms. The van der Waals surface area contributed by atoms with E-state index in [1.54, 1.807) is 0 Å². The van der Waals surface area contributed by atoms with Crippen molar-refractivity contribution in [3.8, 4) is 0 Å². The first-order valence-corrected chi connectivity index (χ1v) is 8.32. The maximum Gasteiger partial charge on any atom is 0.0932 e. The molecule has 0 spiro atoms. The number of aliphatic hydroxyl groups excluding tert-OH is 1. The van der Waals surface area contributed by atoms with Gasteiger partial charge in [-0.2, -0.15) is 0 Å². The Morgan fingerprint density at radius 1 is 1.30 bits per heavy atom. The van der Waals surface area contributed by atoms with Crippen LogP contribution in [-0.2, 0) is 4.74 Å². The van der Waals surface area contributed by atoms with E-state index in [9.17, 15) is 5.11 Å². The normalized spacial score (nSPS) is 27.9. The van der Waals surface area contributed by atoms with E-state index in [1.807, 2.05) is 0 Å². The van der Waals surface area contributed by atoms with E-state index in [4.69, 9.17) is 4.74 Å². The number of ether oxygens (including phenoxy) is 1. The minimum atomic E-state index is 0.0162. The molecule has 2 N–H and O–H groups in total. The third-order valence-corrected chi connectivity index (χ3v) is 4.79. The van der Waals surface area contributed by atoms with Gasteiger partial charge in [0.15, 0.2) is 0 Å². The van der Waals surface area contributed by atoms with Gasteiger partial charge in [0.05, 0.1) is 19.3 Å². The Labute approximate surface area is 123 Å². The minimum absolute atomic E-state index is 0.0162. The van der Waals surface area contributed by atoms with Crippen molar-refractivity contribution in [2.75, 3.05) is 39.4 Å². The molecule has 0 amide bonds. The molecule has 0 aromatic carbocycles. The molecule has 0 bridgehead atoms. The van der Waals surface area contributed by atoms with Crippen LogP contribution in [0.15, 0.2) is 0 Å². The van der Waals surface area contributed by atoms with Gasteiger partial charge in [-0.25, -0.2) is 0 Å².